The third kappa shape index (κ3) is 4.50. The van der Waals surface area contributed by atoms with Crippen molar-refractivity contribution in [1.29, 1.82) is 0 Å². The van der Waals surface area contributed by atoms with E-state index in [0.717, 1.165) is 6.20 Å². The summed E-state index contributed by atoms with van der Waals surface area (Å²) in [5.74, 6) is -0.316. The number of carbonyl (C=O) groups excluding carboxylic acids is 1. The lowest BCUT2D eigenvalue weighted by atomic mass is 10.3. The van der Waals surface area contributed by atoms with Crippen molar-refractivity contribution in [2.24, 2.45) is 0 Å². The second-order valence-electron chi connectivity index (χ2n) is 4.66. The molecule has 0 bridgehead atoms. The molecule has 0 aliphatic rings. The van der Waals surface area contributed by atoms with E-state index < -0.39 is 16.6 Å². The van der Waals surface area contributed by atoms with Gasteiger partial charge in [0.05, 0.1) is 6.54 Å². The number of amides is 1. The van der Waals surface area contributed by atoms with Crippen LogP contribution in [0.4, 0.5) is 10.2 Å². The Bertz CT molecular complexity index is 717. The molecule has 0 unspecified atom stereocenters. The maximum absolute atomic E-state index is 12.9. The molecule has 8 nitrogen and oxygen atoms in total. The van der Waals surface area contributed by atoms with Crippen LogP contribution in [-0.2, 0) is 11.3 Å². The van der Waals surface area contributed by atoms with Gasteiger partial charge >= 0.3 is 5.82 Å². The quantitative estimate of drug-likeness (QED) is 0.472. The Labute approximate surface area is 131 Å². The molecular weight excluding hydrogens is 307 g/mol. The van der Waals surface area contributed by atoms with E-state index in [-0.39, 0.29) is 25.5 Å². The summed E-state index contributed by atoms with van der Waals surface area (Å²) < 4.78 is 19.4. The number of carbonyl (C=O) groups is 1. The summed E-state index contributed by atoms with van der Waals surface area (Å²) in [6.45, 7) is 1.71. The van der Waals surface area contributed by atoms with Crippen molar-refractivity contribution in [2.45, 2.75) is 13.5 Å². The van der Waals surface area contributed by atoms with Crippen molar-refractivity contribution in [1.82, 2.24) is 14.9 Å². The Kier molecular flexibility index (Phi) is 5.23. The molecule has 0 spiro atoms. The highest BCUT2D eigenvalue weighted by Gasteiger charge is 2.19. The summed E-state index contributed by atoms with van der Waals surface area (Å²) in [5.41, 5.74) is 0. The SMILES string of the molecule is Cc1ncc([N+](=O)[O-])n1CC(=O)NCCOc1cccc(F)c1. The molecule has 1 aromatic heterocycles. The number of halogens is 1. The number of imidazole rings is 1. The number of aryl methyl sites for hydroxylation is 1. The molecule has 0 aliphatic heterocycles. The molecule has 0 radical (unpaired) electrons. The molecule has 9 heteroatoms. The van der Waals surface area contributed by atoms with E-state index in [1.165, 1.54) is 22.8 Å². The van der Waals surface area contributed by atoms with Crippen molar-refractivity contribution in [3.8, 4) is 5.75 Å². The zero-order valence-electron chi connectivity index (χ0n) is 12.4. The third-order valence-electron chi connectivity index (χ3n) is 3.01. The standard InChI is InChI=1S/C14H15FN4O4/c1-10-17-8-14(19(21)22)18(10)9-13(20)16-5-6-23-12-4-2-3-11(15)7-12/h2-4,7-8H,5-6,9H2,1H3,(H,16,20). The van der Waals surface area contributed by atoms with Crippen LogP contribution in [0.3, 0.4) is 0 Å². The van der Waals surface area contributed by atoms with E-state index in [1.807, 2.05) is 0 Å². The van der Waals surface area contributed by atoms with Gasteiger partial charge in [-0.15, -0.1) is 0 Å². The second-order valence-corrected chi connectivity index (χ2v) is 4.66. The average Bonchev–Trinajstić information content (AvgIpc) is 2.85. The monoisotopic (exact) mass is 322 g/mol. The first-order valence-electron chi connectivity index (χ1n) is 6.79. The second kappa shape index (κ2) is 7.34. The number of rotatable bonds is 7. The molecule has 1 heterocycles. The van der Waals surface area contributed by atoms with Crippen LogP contribution in [0.15, 0.2) is 30.5 Å². The summed E-state index contributed by atoms with van der Waals surface area (Å²) in [6.07, 6.45) is 1.11. The molecule has 0 aliphatic carbocycles. The Hall–Kier alpha value is -2.97. The number of aromatic nitrogens is 2. The first kappa shape index (κ1) is 16.4. The van der Waals surface area contributed by atoms with Crippen molar-refractivity contribution in [2.75, 3.05) is 13.2 Å². The van der Waals surface area contributed by atoms with Crippen molar-refractivity contribution in [3.05, 3.63) is 52.2 Å². The Morgan fingerprint density at radius 3 is 3.00 bits per heavy atom. The van der Waals surface area contributed by atoms with Gasteiger partial charge in [-0.25, -0.2) is 13.9 Å². The van der Waals surface area contributed by atoms with E-state index >= 15 is 0 Å². The Morgan fingerprint density at radius 2 is 2.30 bits per heavy atom. The lowest BCUT2D eigenvalue weighted by molar-refractivity contribution is -0.392. The molecule has 1 aromatic carbocycles. The lowest BCUT2D eigenvalue weighted by Crippen LogP contribution is -2.31. The fourth-order valence-corrected chi connectivity index (χ4v) is 1.91. The van der Waals surface area contributed by atoms with Crippen LogP contribution < -0.4 is 10.1 Å². The fourth-order valence-electron chi connectivity index (χ4n) is 1.91. The molecule has 0 saturated carbocycles. The molecule has 23 heavy (non-hydrogen) atoms. The molecule has 0 fully saturated rings. The van der Waals surface area contributed by atoms with Gasteiger partial charge in [0, 0.05) is 13.0 Å². The first-order valence-corrected chi connectivity index (χ1v) is 6.79. The van der Waals surface area contributed by atoms with E-state index in [0.29, 0.717) is 11.6 Å². The van der Waals surface area contributed by atoms with E-state index in [9.17, 15) is 19.3 Å². The third-order valence-corrected chi connectivity index (χ3v) is 3.01. The van der Waals surface area contributed by atoms with Crippen molar-refractivity contribution in [3.63, 3.8) is 0 Å². The van der Waals surface area contributed by atoms with E-state index in [2.05, 4.69) is 10.3 Å². The maximum atomic E-state index is 12.9. The summed E-state index contributed by atoms with van der Waals surface area (Å²) in [4.78, 5) is 25.8. The summed E-state index contributed by atoms with van der Waals surface area (Å²) in [5, 5.41) is 13.4. The van der Waals surface area contributed by atoms with E-state index in [4.69, 9.17) is 4.74 Å². The maximum Gasteiger partial charge on any atom is 0.343 e. The number of hydrogen-bond acceptors (Lipinski definition) is 5. The predicted molar refractivity (Wildman–Crippen MR) is 78.5 cm³/mol. The van der Waals surface area contributed by atoms with Gasteiger partial charge in [0.25, 0.3) is 5.91 Å². The molecule has 0 atom stereocenters. The van der Waals surface area contributed by atoms with Crippen LogP contribution in [-0.4, -0.2) is 33.5 Å². The topological polar surface area (TPSA) is 99.3 Å². The number of benzene rings is 1. The molecule has 2 aromatic rings. The minimum Gasteiger partial charge on any atom is -0.492 e. The highest BCUT2D eigenvalue weighted by Crippen LogP contribution is 2.13. The van der Waals surface area contributed by atoms with Gasteiger partial charge < -0.3 is 20.2 Å². The Balaban J connectivity index is 1.80. The van der Waals surface area contributed by atoms with Crippen LogP contribution in [0.2, 0.25) is 0 Å². The first-order chi connectivity index (χ1) is 11.0. The number of hydrogen-bond donors (Lipinski definition) is 1. The summed E-state index contributed by atoms with van der Waals surface area (Å²) in [6, 6.07) is 5.66. The minimum atomic E-state index is -0.597. The highest BCUT2D eigenvalue weighted by atomic mass is 19.1. The van der Waals surface area contributed by atoms with Gasteiger partial charge in [-0.3, -0.25) is 4.79 Å². The largest absolute Gasteiger partial charge is 0.492 e. The van der Waals surface area contributed by atoms with Gasteiger partial charge in [-0.2, -0.15) is 0 Å². The molecule has 1 amide bonds. The molecule has 122 valence electrons. The molecule has 2 rings (SSSR count). The zero-order valence-corrected chi connectivity index (χ0v) is 12.4. The van der Waals surface area contributed by atoms with Gasteiger partial charge in [0.15, 0.2) is 12.4 Å². The number of nitro groups is 1. The fraction of sp³-hybridized carbons (Fsp3) is 0.286. The minimum absolute atomic E-state index is 0.153. The smallest absolute Gasteiger partial charge is 0.343 e. The normalized spacial score (nSPS) is 10.3. The van der Waals surface area contributed by atoms with Gasteiger partial charge in [-0.1, -0.05) is 6.07 Å². The van der Waals surface area contributed by atoms with Gasteiger partial charge in [-0.05, 0) is 17.1 Å². The number of ether oxygens (including phenoxy) is 1. The van der Waals surface area contributed by atoms with Crippen LogP contribution in [0.1, 0.15) is 5.82 Å². The molecular formula is C14H15FN4O4. The van der Waals surface area contributed by atoms with Crippen LogP contribution in [0, 0.1) is 22.9 Å². The number of nitrogens with one attached hydrogen (secondary N) is 1. The van der Waals surface area contributed by atoms with Crippen LogP contribution >= 0.6 is 0 Å². The van der Waals surface area contributed by atoms with Crippen molar-refractivity contribution >= 4 is 11.7 Å². The molecule has 1 N–H and O–H groups in total. The average molecular weight is 322 g/mol. The van der Waals surface area contributed by atoms with Crippen LogP contribution in [0.25, 0.3) is 0 Å². The highest BCUT2D eigenvalue weighted by molar-refractivity contribution is 5.76. The number of nitrogens with zero attached hydrogens (tertiary/aromatic N) is 3. The lowest BCUT2D eigenvalue weighted by Gasteiger charge is -2.08. The zero-order chi connectivity index (χ0) is 16.8. The predicted octanol–water partition coefficient (Wildman–Crippen LogP) is 1.43. The van der Waals surface area contributed by atoms with E-state index in [1.54, 1.807) is 13.0 Å². The summed E-state index contributed by atoms with van der Waals surface area (Å²) in [7, 11) is 0. The molecule has 0 saturated heterocycles. The van der Waals surface area contributed by atoms with Gasteiger partial charge in [0.1, 0.15) is 24.4 Å². The Morgan fingerprint density at radius 1 is 1.52 bits per heavy atom. The van der Waals surface area contributed by atoms with Crippen molar-refractivity contribution < 1.29 is 18.8 Å². The van der Waals surface area contributed by atoms with Gasteiger partial charge in [0.2, 0.25) is 0 Å². The summed E-state index contributed by atoms with van der Waals surface area (Å²) >= 11 is 0. The van der Waals surface area contributed by atoms with Crippen LogP contribution in [0.5, 0.6) is 5.75 Å².